The quantitative estimate of drug-likeness (QED) is 0.830. The van der Waals surface area contributed by atoms with E-state index in [0.29, 0.717) is 13.2 Å². The van der Waals surface area contributed by atoms with E-state index in [2.05, 4.69) is 0 Å². The van der Waals surface area contributed by atoms with Crippen molar-refractivity contribution in [3.05, 3.63) is 23.2 Å². The molecule has 0 unspecified atom stereocenters. The van der Waals surface area contributed by atoms with Gasteiger partial charge in [-0.3, -0.25) is 4.79 Å². The van der Waals surface area contributed by atoms with Crippen LogP contribution in [0, 0.1) is 0 Å². The number of amides is 1. The van der Waals surface area contributed by atoms with Gasteiger partial charge in [-0.05, 0) is 18.2 Å². The second kappa shape index (κ2) is 6.61. The average molecular weight is 335 g/mol. The molecule has 9 heteroatoms. The molecule has 0 bridgehead atoms. The molecular weight excluding hydrogens is 320 g/mol. The molecule has 0 radical (unpaired) electrons. The first-order valence-corrected chi connectivity index (χ1v) is 8.01. The number of halogens is 1. The third-order valence-corrected chi connectivity index (χ3v) is 5.02. The molecule has 0 spiro atoms. The van der Waals surface area contributed by atoms with Gasteiger partial charge >= 0.3 is 0 Å². The van der Waals surface area contributed by atoms with Gasteiger partial charge < -0.3 is 15.2 Å². The molecule has 0 atom stereocenters. The third-order valence-electron chi connectivity index (χ3n) is 2.86. The van der Waals surface area contributed by atoms with Crippen molar-refractivity contribution in [2.75, 3.05) is 32.9 Å². The van der Waals surface area contributed by atoms with E-state index in [9.17, 15) is 13.2 Å². The van der Waals surface area contributed by atoms with Crippen LogP contribution in [-0.4, -0.2) is 51.5 Å². The molecule has 1 aliphatic rings. The Kier molecular flexibility index (Phi) is 5.04. The lowest BCUT2D eigenvalue weighted by atomic mass is 10.3. The van der Waals surface area contributed by atoms with Gasteiger partial charge in [0.05, 0.1) is 13.2 Å². The van der Waals surface area contributed by atoms with Crippen LogP contribution in [0.25, 0.3) is 0 Å². The summed E-state index contributed by atoms with van der Waals surface area (Å²) in [6.07, 6.45) is 0. The van der Waals surface area contributed by atoms with Gasteiger partial charge in [0.2, 0.25) is 10.0 Å². The van der Waals surface area contributed by atoms with Gasteiger partial charge in [-0.1, -0.05) is 11.6 Å². The van der Waals surface area contributed by atoms with Crippen LogP contribution in [0.3, 0.4) is 0 Å². The highest BCUT2D eigenvalue weighted by Gasteiger charge is 2.29. The first kappa shape index (κ1) is 16.0. The van der Waals surface area contributed by atoms with Crippen LogP contribution in [0.2, 0.25) is 5.02 Å². The third kappa shape index (κ3) is 3.85. The molecule has 0 aromatic heterocycles. The van der Waals surface area contributed by atoms with Crippen LogP contribution in [0.1, 0.15) is 0 Å². The molecular formula is C12H15ClN2O5S. The van der Waals surface area contributed by atoms with E-state index in [1.54, 1.807) is 0 Å². The van der Waals surface area contributed by atoms with Gasteiger partial charge in [0.15, 0.2) is 6.61 Å². The van der Waals surface area contributed by atoms with Gasteiger partial charge in [0.1, 0.15) is 10.6 Å². The predicted molar refractivity (Wildman–Crippen MR) is 75.7 cm³/mol. The summed E-state index contributed by atoms with van der Waals surface area (Å²) in [7, 11) is -3.77. The Morgan fingerprint density at radius 3 is 2.67 bits per heavy atom. The summed E-state index contributed by atoms with van der Waals surface area (Å²) >= 11 is 5.87. The molecule has 21 heavy (non-hydrogen) atoms. The lowest BCUT2D eigenvalue weighted by molar-refractivity contribution is -0.120. The molecule has 1 amide bonds. The molecule has 2 N–H and O–H groups in total. The number of carbonyl (C=O) groups is 1. The van der Waals surface area contributed by atoms with E-state index in [0.717, 1.165) is 0 Å². The van der Waals surface area contributed by atoms with E-state index in [1.807, 2.05) is 0 Å². The molecule has 1 aliphatic heterocycles. The van der Waals surface area contributed by atoms with Crippen molar-refractivity contribution in [2.45, 2.75) is 4.90 Å². The Bertz CT molecular complexity index is 629. The highest BCUT2D eigenvalue weighted by molar-refractivity contribution is 7.89. The van der Waals surface area contributed by atoms with Crippen molar-refractivity contribution in [1.29, 1.82) is 0 Å². The van der Waals surface area contributed by atoms with Gasteiger partial charge in [0.25, 0.3) is 5.91 Å². The summed E-state index contributed by atoms with van der Waals surface area (Å²) < 4.78 is 36.8. The number of benzene rings is 1. The van der Waals surface area contributed by atoms with Crippen molar-refractivity contribution in [2.24, 2.45) is 5.73 Å². The normalized spacial score (nSPS) is 16.6. The zero-order valence-electron chi connectivity index (χ0n) is 11.1. The number of nitrogens with two attached hydrogens (primary N) is 1. The van der Waals surface area contributed by atoms with Crippen LogP contribution < -0.4 is 10.5 Å². The molecule has 1 aromatic rings. The Morgan fingerprint density at radius 2 is 2.05 bits per heavy atom. The van der Waals surface area contributed by atoms with Gasteiger partial charge in [-0.25, -0.2) is 8.42 Å². The summed E-state index contributed by atoms with van der Waals surface area (Å²) in [5.41, 5.74) is 5.01. The number of rotatable bonds is 5. The number of primary amides is 1. The minimum Gasteiger partial charge on any atom is -0.482 e. The van der Waals surface area contributed by atoms with Crippen molar-refractivity contribution in [3.8, 4) is 5.75 Å². The summed E-state index contributed by atoms with van der Waals surface area (Å²) in [6, 6.07) is 4.18. The molecule has 0 aliphatic carbocycles. The largest absolute Gasteiger partial charge is 0.482 e. The van der Waals surface area contributed by atoms with Crippen LogP contribution in [0.5, 0.6) is 5.75 Å². The topological polar surface area (TPSA) is 98.9 Å². The van der Waals surface area contributed by atoms with Crippen LogP contribution >= 0.6 is 11.6 Å². The van der Waals surface area contributed by atoms with Crippen molar-refractivity contribution < 1.29 is 22.7 Å². The number of morpholine rings is 1. The van der Waals surface area contributed by atoms with Gasteiger partial charge in [-0.15, -0.1) is 0 Å². The smallest absolute Gasteiger partial charge is 0.255 e. The predicted octanol–water partition coefficient (Wildman–Crippen LogP) is 0.225. The van der Waals surface area contributed by atoms with E-state index < -0.39 is 22.5 Å². The Morgan fingerprint density at radius 1 is 1.38 bits per heavy atom. The van der Waals surface area contributed by atoms with Crippen LogP contribution in [0.4, 0.5) is 0 Å². The second-order valence-corrected chi connectivity index (χ2v) is 6.71. The minimum absolute atomic E-state index is 0.0460. The zero-order valence-corrected chi connectivity index (χ0v) is 12.7. The number of ether oxygens (including phenoxy) is 2. The first-order chi connectivity index (χ1) is 9.91. The first-order valence-electron chi connectivity index (χ1n) is 6.20. The Balaban J connectivity index is 2.35. The van der Waals surface area contributed by atoms with E-state index in [4.69, 9.17) is 26.8 Å². The fraction of sp³-hybridized carbons (Fsp3) is 0.417. The summed E-state index contributed by atoms with van der Waals surface area (Å²) in [4.78, 5) is 10.7. The maximum Gasteiger partial charge on any atom is 0.255 e. The summed E-state index contributed by atoms with van der Waals surface area (Å²) in [5.74, 6) is -0.649. The molecule has 1 saturated heterocycles. The number of hydrogen-bond donors (Lipinski definition) is 1. The molecule has 0 saturated carbocycles. The molecule has 1 fully saturated rings. The fourth-order valence-electron chi connectivity index (χ4n) is 1.88. The lowest BCUT2D eigenvalue weighted by Gasteiger charge is -2.26. The highest BCUT2D eigenvalue weighted by atomic mass is 35.5. The van der Waals surface area contributed by atoms with Crippen LogP contribution in [0.15, 0.2) is 23.1 Å². The average Bonchev–Trinajstić information content (AvgIpc) is 2.46. The molecule has 1 aromatic carbocycles. The molecule has 116 valence electrons. The second-order valence-electron chi connectivity index (χ2n) is 4.36. The van der Waals surface area contributed by atoms with E-state index in [1.165, 1.54) is 22.5 Å². The van der Waals surface area contributed by atoms with Crippen molar-refractivity contribution in [3.63, 3.8) is 0 Å². The molecule has 2 rings (SSSR count). The summed E-state index contributed by atoms with van der Waals surface area (Å²) in [5, 5.41) is 0.258. The number of hydrogen-bond acceptors (Lipinski definition) is 5. The van der Waals surface area contributed by atoms with E-state index in [-0.39, 0.29) is 28.8 Å². The molecule has 1 heterocycles. The summed E-state index contributed by atoms with van der Waals surface area (Å²) in [6.45, 7) is 0.760. The maximum atomic E-state index is 12.6. The zero-order chi connectivity index (χ0) is 15.5. The van der Waals surface area contributed by atoms with Gasteiger partial charge in [-0.2, -0.15) is 4.31 Å². The van der Waals surface area contributed by atoms with Crippen molar-refractivity contribution in [1.82, 2.24) is 4.31 Å². The monoisotopic (exact) mass is 334 g/mol. The molecule has 7 nitrogen and oxygen atoms in total. The SMILES string of the molecule is NC(=O)COc1ccc(Cl)cc1S(=O)(=O)N1CCOCC1. The number of nitrogens with zero attached hydrogens (tertiary/aromatic N) is 1. The lowest BCUT2D eigenvalue weighted by Crippen LogP contribution is -2.40. The fourth-order valence-corrected chi connectivity index (χ4v) is 3.68. The minimum atomic E-state index is -3.77. The Hall–Kier alpha value is -1.35. The Labute approximate surface area is 127 Å². The van der Waals surface area contributed by atoms with Crippen LogP contribution in [-0.2, 0) is 19.6 Å². The van der Waals surface area contributed by atoms with Crippen molar-refractivity contribution >= 4 is 27.5 Å². The maximum absolute atomic E-state index is 12.6. The number of sulfonamides is 1. The van der Waals surface area contributed by atoms with E-state index >= 15 is 0 Å². The number of carbonyl (C=O) groups excluding carboxylic acids is 1. The highest BCUT2D eigenvalue weighted by Crippen LogP contribution is 2.30. The standard InChI is InChI=1S/C12H15ClN2O5S/c13-9-1-2-10(20-8-12(14)16)11(7-9)21(17,18)15-3-5-19-6-4-15/h1-2,7H,3-6,8H2,(H2,14,16). The van der Waals surface area contributed by atoms with Gasteiger partial charge in [0, 0.05) is 18.1 Å².